The molecule has 1 aromatic heterocycles. The number of nitrogens with two attached hydrogens (primary N) is 1. The molecule has 0 radical (unpaired) electrons. The average molecular weight is 489 g/mol. The number of fused-ring (bicyclic) bond motifs is 1. The van der Waals surface area contributed by atoms with Gasteiger partial charge in [0.1, 0.15) is 30.1 Å². The number of halogens is 4. The Hall–Kier alpha value is -4.04. The number of nitrogens with zero attached hydrogens (tertiary/aromatic N) is 4. The number of primary amides is 1. The Labute approximate surface area is 196 Å². The maximum absolute atomic E-state index is 13.9. The summed E-state index contributed by atoms with van der Waals surface area (Å²) in [6, 6.07) is 7.35. The lowest BCUT2D eigenvalue weighted by Gasteiger charge is -2.33. The third-order valence-corrected chi connectivity index (χ3v) is 5.66. The first-order valence-electron chi connectivity index (χ1n) is 9.91. The van der Waals surface area contributed by atoms with Crippen LogP contribution in [0.4, 0.5) is 23.7 Å². The number of nitriles is 1. The number of rotatable bonds is 4. The highest BCUT2D eigenvalue weighted by Gasteiger charge is 2.35. The van der Waals surface area contributed by atoms with Crippen molar-refractivity contribution in [3.8, 4) is 17.3 Å². The first-order chi connectivity index (χ1) is 16.2. The van der Waals surface area contributed by atoms with Gasteiger partial charge < -0.3 is 16.0 Å². The van der Waals surface area contributed by atoms with Gasteiger partial charge in [-0.15, -0.1) is 0 Å². The van der Waals surface area contributed by atoms with Crippen molar-refractivity contribution in [3.63, 3.8) is 0 Å². The number of urea groups is 1. The van der Waals surface area contributed by atoms with Crippen LogP contribution in [0.25, 0.3) is 11.3 Å². The summed E-state index contributed by atoms with van der Waals surface area (Å²) < 4.78 is 42.7. The number of hydrogen-bond donors (Lipinski definition) is 2. The van der Waals surface area contributed by atoms with E-state index in [-0.39, 0.29) is 46.3 Å². The van der Waals surface area contributed by atoms with E-state index in [1.54, 1.807) is 6.07 Å². The number of benzene rings is 2. The Morgan fingerprint density at radius 1 is 1.24 bits per heavy atom. The summed E-state index contributed by atoms with van der Waals surface area (Å²) in [5.74, 6) is -2.35. The molecular formula is C22H16ClF3N6O2. The SMILES string of the molecule is N#Cc1ccc(NC(=O)N2Cc3c(C(N)=O)c(-c4ccc(F)c(Cl)c4)nn3[C@H](CF)C2)cc1F. The molecule has 0 unspecified atom stereocenters. The zero-order valence-corrected chi connectivity index (χ0v) is 18.1. The number of alkyl halides is 1. The highest BCUT2D eigenvalue weighted by molar-refractivity contribution is 6.31. The number of amides is 3. The van der Waals surface area contributed by atoms with E-state index in [4.69, 9.17) is 22.6 Å². The Bertz CT molecular complexity index is 1350. The van der Waals surface area contributed by atoms with Crippen molar-refractivity contribution in [2.45, 2.75) is 12.6 Å². The van der Waals surface area contributed by atoms with E-state index < -0.39 is 36.3 Å². The minimum Gasteiger partial charge on any atom is -0.365 e. The number of anilines is 1. The maximum atomic E-state index is 13.9. The minimum atomic E-state index is -0.935. The van der Waals surface area contributed by atoms with Gasteiger partial charge >= 0.3 is 6.03 Å². The van der Waals surface area contributed by atoms with E-state index in [0.717, 1.165) is 12.1 Å². The highest BCUT2D eigenvalue weighted by Crippen LogP contribution is 2.33. The third kappa shape index (κ3) is 4.15. The summed E-state index contributed by atoms with van der Waals surface area (Å²) in [7, 11) is 0. The topological polar surface area (TPSA) is 117 Å². The second kappa shape index (κ2) is 9.07. The third-order valence-electron chi connectivity index (χ3n) is 5.37. The van der Waals surface area contributed by atoms with Gasteiger partial charge in [-0.05, 0) is 36.4 Å². The Kier molecular flexibility index (Phi) is 6.17. The van der Waals surface area contributed by atoms with E-state index in [9.17, 15) is 22.8 Å². The molecule has 0 saturated carbocycles. The van der Waals surface area contributed by atoms with Crippen LogP contribution in [0.5, 0.6) is 0 Å². The Morgan fingerprint density at radius 3 is 2.62 bits per heavy atom. The Morgan fingerprint density at radius 2 is 2.00 bits per heavy atom. The van der Waals surface area contributed by atoms with Gasteiger partial charge in [-0.1, -0.05) is 11.6 Å². The fourth-order valence-corrected chi connectivity index (χ4v) is 3.94. The van der Waals surface area contributed by atoms with Gasteiger partial charge in [-0.2, -0.15) is 10.4 Å². The van der Waals surface area contributed by atoms with Crippen LogP contribution in [-0.2, 0) is 6.54 Å². The van der Waals surface area contributed by atoms with Crippen LogP contribution in [0.15, 0.2) is 36.4 Å². The molecule has 0 aliphatic carbocycles. The van der Waals surface area contributed by atoms with Gasteiger partial charge in [0.05, 0.1) is 34.4 Å². The molecule has 0 spiro atoms. The maximum Gasteiger partial charge on any atom is 0.322 e. The van der Waals surface area contributed by atoms with Crippen molar-refractivity contribution in [2.24, 2.45) is 5.73 Å². The normalized spacial score (nSPS) is 14.9. The molecule has 3 amide bonds. The van der Waals surface area contributed by atoms with E-state index in [1.807, 2.05) is 0 Å². The fraction of sp³-hybridized carbons (Fsp3) is 0.182. The van der Waals surface area contributed by atoms with Crippen molar-refractivity contribution in [1.29, 1.82) is 5.26 Å². The number of carbonyl (C=O) groups excluding carboxylic acids is 2. The van der Waals surface area contributed by atoms with Crippen LogP contribution < -0.4 is 11.1 Å². The van der Waals surface area contributed by atoms with Crippen molar-refractivity contribution >= 4 is 29.2 Å². The van der Waals surface area contributed by atoms with Crippen LogP contribution in [-0.4, -0.2) is 39.8 Å². The quantitative estimate of drug-likeness (QED) is 0.577. The van der Waals surface area contributed by atoms with E-state index in [1.165, 1.54) is 33.8 Å². The first kappa shape index (κ1) is 23.1. The van der Waals surface area contributed by atoms with Gasteiger partial charge in [-0.3, -0.25) is 9.48 Å². The molecule has 1 atom stereocenters. The van der Waals surface area contributed by atoms with Crippen LogP contribution in [0.3, 0.4) is 0 Å². The summed E-state index contributed by atoms with van der Waals surface area (Å²) in [5, 5.41) is 15.5. The zero-order valence-electron chi connectivity index (χ0n) is 17.4. The largest absolute Gasteiger partial charge is 0.365 e. The number of hydrogen-bond acceptors (Lipinski definition) is 4. The number of carbonyl (C=O) groups is 2. The predicted octanol–water partition coefficient (Wildman–Crippen LogP) is 4.01. The first-order valence-corrected chi connectivity index (χ1v) is 10.3. The van der Waals surface area contributed by atoms with Crippen molar-refractivity contribution in [3.05, 3.63) is 69.9 Å². The molecule has 1 aliphatic heterocycles. The molecule has 1 aliphatic rings. The van der Waals surface area contributed by atoms with Crippen LogP contribution in [0, 0.1) is 23.0 Å². The summed E-state index contributed by atoms with van der Waals surface area (Å²) in [5.41, 5.74) is 6.01. The van der Waals surface area contributed by atoms with Crippen LogP contribution >= 0.6 is 11.6 Å². The lowest BCUT2D eigenvalue weighted by molar-refractivity contribution is 0.0995. The lowest BCUT2D eigenvalue weighted by Crippen LogP contribution is -2.44. The van der Waals surface area contributed by atoms with Crippen molar-refractivity contribution in [2.75, 3.05) is 18.5 Å². The lowest BCUT2D eigenvalue weighted by atomic mass is 10.0. The molecule has 0 fully saturated rings. The second-order valence-electron chi connectivity index (χ2n) is 7.53. The van der Waals surface area contributed by atoms with Gasteiger partial charge in [-0.25, -0.2) is 18.0 Å². The monoisotopic (exact) mass is 488 g/mol. The molecular weight excluding hydrogens is 473 g/mol. The smallest absolute Gasteiger partial charge is 0.322 e. The van der Waals surface area contributed by atoms with Gasteiger partial charge in [0.25, 0.3) is 5.91 Å². The van der Waals surface area contributed by atoms with E-state index in [2.05, 4.69) is 10.4 Å². The van der Waals surface area contributed by atoms with E-state index in [0.29, 0.717) is 5.56 Å². The molecule has 2 aromatic carbocycles. The van der Waals surface area contributed by atoms with Crippen LogP contribution in [0.2, 0.25) is 5.02 Å². The van der Waals surface area contributed by atoms with Gasteiger partial charge in [0.15, 0.2) is 0 Å². The van der Waals surface area contributed by atoms with Gasteiger partial charge in [0.2, 0.25) is 0 Å². The molecule has 0 saturated heterocycles. The minimum absolute atomic E-state index is 0.0527. The summed E-state index contributed by atoms with van der Waals surface area (Å²) >= 11 is 5.86. The highest BCUT2D eigenvalue weighted by atomic mass is 35.5. The molecule has 3 aromatic rings. The molecule has 3 N–H and O–H groups in total. The second-order valence-corrected chi connectivity index (χ2v) is 7.94. The predicted molar refractivity (Wildman–Crippen MR) is 117 cm³/mol. The molecule has 2 heterocycles. The van der Waals surface area contributed by atoms with Crippen molar-refractivity contribution in [1.82, 2.24) is 14.7 Å². The number of aromatic nitrogens is 2. The van der Waals surface area contributed by atoms with Gasteiger partial charge in [0, 0.05) is 17.8 Å². The van der Waals surface area contributed by atoms with Crippen molar-refractivity contribution < 1.29 is 22.8 Å². The number of nitrogens with one attached hydrogen (secondary N) is 1. The molecule has 0 bridgehead atoms. The van der Waals surface area contributed by atoms with E-state index >= 15 is 0 Å². The van der Waals surface area contributed by atoms with Crippen LogP contribution in [0.1, 0.15) is 27.7 Å². The molecule has 4 rings (SSSR count). The Balaban J connectivity index is 1.69. The molecule has 174 valence electrons. The molecule has 8 nitrogen and oxygen atoms in total. The summed E-state index contributed by atoms with van der Waals surface area (Å²) in [4.78, 5) is 26.4. The summed E-state index contributed by atoms with van der Waals surface area (Å²) in [6.45, 7) is -1.16. The standard InChI is InChI=1S/C22H16ClF3N6O2/c23-15-5-11(2-4-16(15)25)20-19(21(28)33)18-10-31(9-14(7-24)32(18)30-20)22(34)29-13-3-1-12(8-27)17(26)6-13/h1-6,14H,7,9-10H2,(H2,28,33)(H,29,34)/t14-/m1/s1. The summed E-state index contributed by atoms with van der Waals surface area (Å²) in [6.07, 6.45) is 0. The molecule has 34 heavy (non-hydrogen) atoms. The average Bonchev–Trinajstić information content (AvgIpc) is 3.20. The fourth-order valence-electron chi connectivity index (χ4n) is 3.76. The molecule has 12 heteroatoms. The zero-order chi connectivity index (χ0) is 24.6.